The molecule has 1 atom stereocenters. The number of hydrogen-bond acceptors (Lipinski definition) is 5. The molecule has 0 saturated carbocycles. The van der Waals surface area contributed by atoms with Gasteiger partial charge in [0.25, 0.3) is 5.69 Å². The molecule has 3 rings (SSSR count). The smallest absolute Gasteiger partial charge is 0.273 e. The molecular weight excluding hydrogens is 270 g/mol. The largest absolute Gasteiger partial charge is 0.361 e. The van der Waals surface area contributed by atoms with Crippen LogP contribution in [0.15, 0.2) is 34.9 Å². The molecule has 2 aromatic rings. The minimum Gasteiger partial charge on any atom is -0.361 e. The molecule has 6 nitrogen and oxygen atoms in total. The Balaban J connectivity index is 1.82. The van der Waals surface area contributed by atoms with E-state index in [1.165, 1.54) is 0 Å². The molecule has 1 aliphatic heterocycles. The zero-order valence-corrected chi connectivity index (χ0v) is 11.9. The van der Waals surface area contributed by atoms with Crippen LogP contribution >= 0.6 is 0 Å². The summed E-state index contributed by atoms with van der Waals surface area (Å²) in [6.45, 7) is 3.36. The number of nitro benzene ring substituents is 1. The van der Waals surface area contributed by atoms with Gasteiger partial charge >= 0.3 is 0 Å². The van der Waals surface area contributed by atoms with Crippen molar-refractivity contribution < 1.29 is 9.45 Å². The van der Waals surface area contributed by atoms with Gasteiger partial charge in [-0.2, -0.15) is 0 Å². The first-order chi connectivity index (χ1) is 10.1. The zero-order chi connectivity index (χ0) is 14.8. The average Bonchev–Trinajstić information content (AvgIpc) is 3.08. The molecule has 6 heteroatoms. The molecule has 0 unspecified atom stereocenters. The summed E-state index contributed by atoms with van der Waals surface area (Å²) in [6.07, 6.45) is 2.07. The van der Waals surface area contributed by atoms with Crippen molar-refractivity contribution in [2.75, 3.05) is 6.54 Å². The summed E-state index contributed by atoms with van der Waals surface area (Å²) in [5.74, 6) is 0.794. The van der Waals surface area contributed by atoms with Gasteiger partial charge in [0.15, 0.2) is 0 Å². The molecule has 0 spiro atoms. The van der Waals surface area contributed by atoms with Crippen molar-refractivity contribution in [2.24, 2.45) is 0 Å². The van der Waals surface area contributed by atoms with E-state index in [4.69, 9.17) is 4.52 Å². The number of hydrogen-bond donors (Lipinski definition) is 0. The first kappa shape index (κ1) is 13.8. The molecule has 0 amide bonds. The lowest BCUT2D eigenvalue weighted by atomic mass is 10.1. The van der Waals surface area contributed by atoms with Crippen LogP contribution in [0.2, 0.25) is 0 Å². The molecule has 1 fully saturated rings. The van der Waals surface area contributed by atoms with Crippen molar-refractivity contribution in [1.29, 1.82) is 0 Å². The monoisotopic (exact) mass is 287 g/mol. The Kier molecular flexibility index (Phi) is 3.70. The maximum absolute atomic E-state index is 11.1. The Morgan fingerprint density at radius 2 is 2.29 bits per heavy atom. The van der Waals surface area contributed by atoms with E-state index in [-0.39, 0.29) is 16.7 Å². The van der Waals surface area contributed by atoms with Crippen LogP contribution in [0.3, 0.4) is 0 Å². The molecule has 1 aromatic heterocycles. The molecule has 110 valence electrons. The Labute approximate surface area is 122 Å². The molecule has 0 radical (unpaired) electrons. The van der Waals surface area contributed by atoms with E-state index in [1.54, 1.807) is 12.1 Å². The van der Waals surface area contributed by atoms with Crippen LogP contribution in [0.4, 0.5) is 5.69 Å². The fourth-order valence-electron chi connectivity index (χ4n) is 2.93. The molecule has 2 heterocycles. The lowest BCUT2D eigenvalue weighted by Gasteiger charge is -2.22. The molecule has 0 aliphatic carbocycles. The predicted octanol–water partition coefficient (Wildman–Crippen LogP) is 3.23. The molecular formula is C15H17N3O3. The lowest BCUT2D eigenvalue weighted by Crippen LogP contribution is -2.23. The Morgan fingerprint density at radius 1 is 1.48 bits per heavy atom. The van der Waals surface area contributed by atoms with Crippen LogP contribution in [-0.4, -0.2) is 21.5 Å². The third-order valence-corrected chi connectivity index (χ3v) is 3.91. The number of nitro groups is 1. The molecule has 0 N–H and O–H groups in total. The van der Waals surface area contributed by atoms with Crippen molar-refractivity contribution in [1.82, 2.24) is 10.1 Å². The van der Waals surface area contributed by atoms with E-state index in [0.29, 0.717) is 6.54 Å². The number of likely N-dealkylation sites (tertiary alicyclic amines) is 1. The molecule has 1 aliphatic rings. The normalized spacial score (nSPS) is 19.0. The Hall–Kier alpha value is -2.21. The van der Waals surface area contributed by atoms with Crippen LogP contribution < -0.4 is 0 Å². The van der Waals surface area contributed by atoms with Gasteiger partial charge in [0.1, 0.15) is 11.5 Å². The van der Waals surface area contributed by atoms with Gasteiger partial charge in [0.2, 0.25) is 0 Å². The van der Waals surface area contributed by atoms with E-state index in [1.807, 2.05) is 25.1 Å². The Bertz CT molecular complexity index is 653. The summed E-state index contributed by atoms with van der Waals surface area (Å²) in [4.78, 5) is 13.0. The van der Waals surface area contributed by atoms with Crippen LogP contribution in [0.25, 0.3) is 0 Å². The van der Waals surface area contributed by atoms with E-state index in [0.717, 1.165) is 36.4 Å². The van der Waals surface area contributed by atoms with Crippen molar-refractivity contribution in [3.05, 3.63) is 57.5 Å². The standard InChI is InChI=1S/C15H17N3O3/c1-11-9-13(16-21-11)15-7-4-8-17(15)10-12-5-2-3-6-14(12)18(19)20/h2-3,5-6,9,15H,4,7-8,10H2,1H3/t15-/m0/s1. The third kappa shape index (κ3) is 2.80. The second kappa shape index (κ2) is 5.65. The summed E-state index contributed by atoms with van der Waals surface area (Å²) < 4.78 is 5.15. The van der Waals surface area contributed by atoms with Gasteiger partial charge in [0, 0.05) is 24.2 Å². The van der Waals surface area contributed by atoms with Gasteiger partial charge in [-0.25, -0.2) is 0 Å². The average molecular weight is 287 g/mol. The van der Waals surface area contributed by atoms with Crippen LogP contribution in [0.5, 0.6) is 0 Å². The minimum atomic E-state index is -0.319. The van der Waals surface area contributed by atoms with E-state index in [9.17, 15) is 10.1 Å². The van der Waals surface area contributed by atoms with E-state index in [2.05, 4.69) is 10.1 Å². The fraction of sp³-hybridized carbons (Fsp3) is 0.400. The quantitative estimate of drug-likeness (QED) is 0.637. The molecule has 0 bridgehead atoms. The van der Waals surface area contributed by atoms with Crippen LogP contribution in [0, 0.1) is 17.0 Å². The number of nitrogens with zero attached hydrogens (tertiary/aromatic N) is 3. The highest BCUT2D eigenvalue weighted by molar-refractivity contribution is 5.39. The van der Waals surface area contributed by atoms with Crippen molar-refractivity contribution in [3.8, 4) is 0 Å². The first-order valence-electron chi connectivity index (χ1n) is 7.04. The number of benzene rings is 1. The Morgan fingerprint density at radius 3 is 3.00 bits per heavy atom. The van der Waals surface area contributed by atoms with Crippen molar-refractivity contribution in [2.45, 2.75) is 32.4 Å². The third-order valence-electron chi connectivity index (χ3n) is 3.91. The second-order valence-electron chi connectivity index (χ2n) is 5.38. The fourth-order valence-corrected chi connectivity index (χ4v) is 2.93. The number of rotatable bonds is 4. The number of para-hydroxylation sites is 1. The zero-order valence-electron chi connectivity index (χ0n) is 11.9. The lowest BCUT2D eigenvalue weighted by molar-refractivity contribution is -0.385. The maximum Gasteiger partial charge on any atom is 0.273 e. The highest BCUT2D eigenvalue weighted by Gasteiger charge is 2.29. The van der Waals surface area contributed by atoms with Crippen LogP contribution in [-0.2, 0) is 6.54 Å². The van der Waals surface area contributed by atoms with Gasteiger partial charge in [-0.3, -0.25) is 15.0 Å². The van der Waals surface area contributed by atoms with E-state index >= 15 is 0 Å². The van der Waals surface area contributed by atoms with Gasteiger partial charge in [-0.15, -0.1) is 0 Å². The topological polar surface area (TPSA) is 72.4 Å². The minimum absolute atomic E-state index is 0.180. The summed E-state index contributed by atoms with van der Waals surface area (Å²) in [5.41, 5.74) is 1.85. The van der Waals surface area contributed by atoms with Crippen LogP contribution in [0.1, 0.15) is 35.9 Å². The predicted molar refractivity (Wildman–Crippen MR) is 76.7 cm³/mol. The number of aromatic nitrogens is 1. The van der Waals surface area contributed by atoms with Crippen molar-refractivity contribution >= 4 is 5.69 Å². The summed E-state index contributed by atoms with van der Waals surface area (Å²) in [5, 5.41) is 15.2. The highest BCUT2D eigenvalue weighted by atomic mass is 16.6. The summed E-state index contributed by atoms with van der Waals surface area (Å²) >= 11 is 0. The maximum atomic E-state index is 11.1. The second-order valence-corrected chi connectivity index (χ2v) is 5.38. The van der Waals surface area contributed by atoms with Gasteiger partial charge in [0.05, 0.1) is 11.0 Å². The highest BCUT2D eigenvalue weighted by Crippen LogP contribution is 2.34. The van der Waals surface area contributed by atoms with Gasteiger partial charge in [-0.1, -0.05) is 23.4 Å². The first-order valence-corrected chi connectivity index (χ1v) is 7.04. The van der Waals surface area contributed by atoms with Crippen molar-refractivity contribution in [3.63, 3.8) is 0 Å². The molecule has 21 heavy (non-hydrogen) atoms. The van der Waals surface area contributed by atoms with Gasteiger partial charge < -0.3 is 4.52 Å². The van der Waals surface area contributed by atoms with Gasteiger partial charge in [-0.05, 0) is 26.3 Å². The number of aryl methyl sites for hydroxylation is 1. The molecule has 1 saturated heterocycles. The molecule has 1 aromatic carbocycles. The SMILES string of the molecule is Cc1cc([C@@H]2CCCN2Cc2ccccc2[N+](=O)[O-])no1. The van der Waals surface area contributed by atoms with E-state index < -0.39 is 0 Å². The summed E-state index contributed by atoms with van der Waals surface area (Å²) in [7, 11) is 0. The summed E-state index contributed by atoms with van der Waals surface area (Å²) in [6, 6.07) is 9.05.